The van der Waals surface area contributed by atoms with Gasteiger partial charge in [-0.3, -0.25) is 10.1 Å². The van der Waals surface area contributed by atoms with Gasteiger partial charge in [-0.2, -0.15) is 5.26 Å². The van der Waals surface area contributed by atoms with E-state index in [1.807, 2.05) is 30.3 Å². The number of carbonyl (C=O) groups excluding carboxylic acids is 1. The smallest absolute Gasteiger partial charge is 0.268 e. The number of amides is 1. The molecule has 3 aromatic rings. The van der Waals surface area contributed by atoms with Crippen molar-refractivity contribution in [3.05, 3.63) is 59.7 Å². The summed E-state index contributed by atoms with van der Waals surface area (Å²) < 4.78 is 41.0. The molecule has 0 atom stereocenters. The third-order valence-corrected chi connectivity index (χ3v) is 8.04. The third-order valence-electron chi connectivity index (χ3n) is 4.68. The van der Waals surface area contributed by atoms with Crippen molar-refractivity contribution < 1.29 is 27.4 Å². The predicted molar refractivity (Wildman–Crippen MR) is 139 cm³/mol. The van der Waals surface area contributed by atoms with Crippen LogP contribution < -0.4 is 19.5 Å². The molecule has 37 heavy (non-hydrogen) atoms. The lowest BCUT2D eigenvalue weighted by molar-refractivity contribution is -0.112. The number of rotatable bonds is 12. The maximum Gasteiger partial charge on any atom is 0.268 e. The van der Waals surface area contributed by atoms with E-state index in [1.54, 1.807) is 45.2 Å². The minimum atomic E-state index is -3.59. The number of nitrogens with zero attached hydrogens (tertiary/aromatic N) is 3. The SMILES string of the molecule is COc1ccccc1OCCOc1ccc(C=C(C#N)C(=O)Nc2nnc(S(=O)(=O)CC(C)C)s2)cc1. The van der Waals surface area contributed by atoms with Gasteiger partial charge in [-0.25, -0.2) is 8.42 Å². The molecule has 0 aliphatic carbocycles. The molecule has 0 bridgehead atoms. The fourth-order valence-corrected chi connectivity index (χ4v) is 5.69. The number of para-hydroxylation sites is 2. The highest BCUT2D eigenvalue weighted by Crippen LogP contribution is 2.26. The number of anilines is 1. The molecule has 1 N–H and O–H groups in total. The summed E-state index contributed by atoms with van der Waals surface area (Å²) in [6, 6.07) is 16.0. The molecule has 0 aliphatic heterocycles. The molecule has 2 aromatic carbocycles. The van der Waals surface area contributed by atoms with Gasteiger partial charge < -0.3 is 14.2 Å². The average molecular weight is 543 g/mol. The fourth-order valence-electron chi connectivity index (χ4n) is 3.09. The lowest BCUT2D eigenvalue weighted by Gasteiger charge is -2.11. The van der Waals surface area contributed by atoms with E-state index in [-0.39, 0.29) is 26.7 Å². The van der Waals surface area contributed by atoms with Gasteiger partial charge >= 0.3 is 0 Å². The van der Waals surface area contributed by atoms with Crippen molar-refractivity contribution in [3.8, 4) is 23.3 Å². The maximum absolute atomic E-state index is 12.5. The molecule has 0 spiro atoms. The van der Waals surface area contributed by atoms with E-state index >= 15 is 0 Å². The molecule has 1 amide bonds. The van der Waals surface area contributed by atoms with Gasteiger partial charge in [-0.05, 0) is 41.8 Å². The monoisotopic (exact) mass is 542 g/mol. The van der Waals surface area contributed by atoms with E-state index in [0.29, 0.717) is 36.0 Å². The Morgan fingerprint density at radius 1 is 1.08 bits per heavy atom. The molecule has 0 saturated carbocycles. The largest absolute Gasteiger partial charge is 0.493 e. The first-order valence-electron chi connectivity index (χ1n) is 11.2. The number of aromatic nitrogens is 2. The Morgan fingerprint density at radius 2 is 1.76 bits per heavy atom. The molecule has 0 radical (unpaired) electrons. The Bertz CT molecular complexity index is 1390. The lowest BCUT2D eigenvalue weighted by Crippen LogP contribution is -2.13. The van der Waals surface area contributed by atoms with Crippen molar-refractivity contribution in [2.45, 2.75) is 18.2 Å². The molecule has 10 nitrogen and oxygen atoms in total. The van der Waals surface area contributed by atoms with Gasteiger partial charge in [0, 0.05) is 0 Å². The molecule has 1 aromatic heterocycles. The van der Waals surface area contributed by atoms with Crippen LogP contribution in [-0.2, 0) is 14.6 Å². The average Bonchev–Trinajstić information content (AvgIpc) is 3.35. The van der Waals surface area contributed by atoms with E-state index < -0.39 is 15.7 Å². The quantitative estimate of drug-likeness (QED) is 0.156. The standard InChI is InChI=1S/C25H26N4O6S2/c1-17(2)16-37(31,32)25-29-28-24(36-25)27-23(30)19(15-26)14-18-8-10-20(11-9-18)34-12-13-35-22-7-5-4-6-21(22)33-3/h4-11,14,17H,12-13,16H2,1-3H3,(H,27,28,30). The summed E-state index contributed by atoms with van der Waals surface area (Å²) in [4.78, 5) is 12.5. The van der Waals surface area contributed by atoms with E-state index in [9.17, 15) is 18.5 Å². The van der Waals surface area contributed by atoms with Crippen LogP contribution in [0.1, 0.15) is 19.4 Å². The molecular weight excluding hydrogens is 516 g/mol. The Morgan fingerprint density at radius 3 is 2.41 bits per heavy atom. The van der Waals surface area contributed by atoms with Crippen molar-refractivity contribution in [3.63, 3.8) is 0 Å². The number of methoxy groups -OCH3 is 1. The summed E-state index contributed by atoms with van der Waals surface area (Å²) in [6.45, 7) is 4.17. The fraction of sp³-hybridized carbons (Fsp3) is 0.280. The normalized spacial score (nSPS) is 11.6. The number of ether oxygens (including phenoxy) is 3. The zero-order valence-corrected chi connectivity index (χ0v) is 22.1. The maximum atomic E-state index is 12.5. The summed E-state index contributed by atoms with van der Waals surface area (Å²) >= 11 is 0.744. The molecule has 1 heterocycles. The van der Waals surface area contributed by atoms with Crippen LogP contribution in [0, 0.1) is 17.2 Å². The van der Waals surface area contributed by atoms with Crippen LogP contribution >= 0.6 is 11.3 Å². The first kappa shape index (κ1) is 27.6. The van der Waals surface area contributed by atoms with Crippen LogP contribution in [0.25, 0.3) is 6.08 Å². The summed E-state index contributed by atoms with van der Waals surface area (Å²) in [5.41, 5.74) is 0.419. The second-order valence-corrected chi connectivity index (χ2v) is 11.3. The number of carbonyl (C=O) groups is 1. The zero-order chi connectivity index (χ0) is 26.8. The number of nitriles is 1. The minimum absolute atomic E-state index is 0.00688. The van der Waals surface area contributed by atoms with Crippen LogP contribution in [0.15, 0.2) is 58.4 Å². The van der Waals surface area contributed by atoms with Crippen LogP contribution in [-0.4, -0.2) is 50.6 Å². The summed E-state index contributed by atoms with van der Waals surface area (Å²) in [5, 5.41) is 19.2. The van der Waals surface area contributed by atoms with E-state index in [4.69, 9.17) is 14.2 Å². The molecule has 0 aliphatic rings. The number of benzene rings is 2. The van der Waals surface area contributed by atoms with Crippen molar-refractivity contribution >= 4 is 38.3 Å². The van der Waals surface area contributed by atoms with Crippen LogP contribution in [0.3, 0.4) is 0 Å². The molecule has 0 unspecified atom stereocenters. The van der Waals surface area contributed by atoms with Crippen LogP contribution in [0.2, 0.25) is 0 Å². The molecule has 0 saturated heterocycles. The molecule has 194 valence electrons. The van der Waals surface area contributed by atoms with Gasteiger partial charge in [-0.15, -0.1) is 10.2 Å². The number of sulfone groups is 1. The summed E-state index contributed by atoms with van der Waals surface area (Å²) in [7, 11) is -2.02. The Hall–Kier alpha value is -3.95. The van der Waals surface area contributed by atoms with Gasteiger partial charge in [0.25, 0.3) is 5.91 Å². The number of nitrogens with one attached hydrogen (secondary N) is 1. The van der Waals surface area contributed by atoms with E-state index in [2.05, 4.69) is 15.5 Å². The lowest BCUT2D eigenvalue weighted by atomic mass is 10.1. The molecular formula is C25H26N4O6S2. The Balaban J connectivity index is 1.55. The number of hydrogen-bond acceptors (Lipinski definition) is 10. The van der Waals surface area contributed by atoms with Gasteiger partial charge in [0.1, 0.15) is 30.6 Å². The van der Waals surface area contributed by atoms with Crippen molar-refractivity contribution in [1.82, 2.24) is 10.2 Å². The van der Waals surface area contributed by atoms with Crippen LogP contribution in [0.4, 0.5) is 5.13 Å². The third kappa shape index (κ3) is 8.03. The second kappa shape index (κ2) is 12.8. The van der Waals surface area contributed by atoms with Crippen molar-refractivity contribution in [2.24, 2.45) is 5.92 Å². The van der Waals surface area contributed by atoms with Crippen molar-refractivity contribution in [2.75, 3.05) is 31.4 Å². The highest BCUT2D eigenvalue weighted by atomic mass is 32.2. The topological polar surface area (TPSA) is 140 Å². The summed E-state index contributed by atoms with van der Waals surface area (Å²) in [6.07, 6.45) is 1.40. The first-order chi connectivity index (χ1) is 17.7. The van der Waals surface area contributed by atoms with E-state index in [0.717, 1.165) is 11.3 Å². The minimum Gasteiger partial charge on any atom is -0.493 e. The van der Waals surface area contributed by atoms with Crippen LogP contribution in [0.5, 0.6) is 17.2 Å². The molecule has 0 fully saturated rings. The highest BCUT2D eigenvalue weighted by molar-refractivity contribution is 7.93. The summed E-state index contributed by atoms with van der Waals surface area (Å²) in [5.74, 6) is 0.974. The first-order valence-corrected chi connectivity index (χ1v) is 13.7. The van der Waals surface area contributed by atoms with Gasteiger partial charge in [0.2, 0.25) is 19.3 Å². The molecule has 12 heteroatoms. The van der Waals surface area contributed by atoms with Gasteiger partial charge in [0.15, 0.2) is 11.5 Å². The molecule has 3 rings (SSSR count). The predicted octanol–water partition coefficient (Wildman–Crippen LogP) is 3.98. The van der Waals surface area contributed by atoms with Gasteiger partial charge in [0.05, 0.1) is 12.9 Å². The number of hydrogen-bond donors (Lipinski definition) is 1. The highest BCUT2D eigenvalue weighted by Gasteiger charge is 2.22. The zero-order valence-electron chi connectivity index (χ0n) is 20.5. The van der Waals surface area contributed by atoms with Crippen molar-refractivity contribution in [1.29, 1.82) is 5.26 Å². The van der Waals surface area contributed by atoms with Gasteiger partial charge in [-0.1, -0.05) is 49.4 Å². The Labute approximate surface area is 219 Å². The Kier molecular flexibility index (Phi) is 9.59. The van der Waals surface area contributed by atoms with E-state index in [1.165, 1.54) is 6.08 Å². The second-order valence-electron chi connectivity index (χ2n) is 8.09.